The van der Waals surface area contributed by atoms with Crippen LogP contribution in [0, 0.1) is 0 Å². The number of nitrogen functional groups attached to an aromatic ring is 1. The topological polar surface area (TPSA) is 55.1 Å². The van der Waals surface area contributed by atoms with E-state index in [1.807, 2.05) is 12.1 Å². The number of Topliss-reactive ketones (excluding diaryl/α,β-unsaturated/α-hetero) is 1. The quantitative estimate of drug-likeness (QED) is 0.657. The number of carbonyl (C=O) groups is 1. The average molecular weight is 280 g/mol. The van der Waals surface area contributed by atoms with Gasteiger partial charge in [-0.2, -0.15) is 0 Å². The standard InChI is InChI=1S/C18H20N2O/c1-12(21)16-11-14(9-10-17(16)19)20-18-8-4-6-13-5-2-3-7-15(13)18/h4,6,8-11,20H,2-3,5,7,19H2,1H3. The lowest BCUT2D eigenvalue weighted by Crippen LogP contribution is -2.07. The molecule has 1 aliphatic rings. The minimum Gasteiger partial charge on any atom is -0.398 e. The molecule has 2 aromatic rings. The van der Waals surface area contributed by atoms with Crippen LogP contribution in [0.2, 0.25) is 0 Å². The van der Waals surface area contributed by atoms with Gasteiger partial charge in [0.05, 0.1) is 0 Å². The molecular weight excluding hydrogens is 260 g/mol. The number of benzene rings is 2. The number of aryl methyl sites for hydroxylation is 1. The molecule has 0 saturated heterocycles. The van der Waals surface area contributed by atoms with Crippen LogP contribution in [0.15, 0.2) is 36.4 Å². The van der Waals surface area contributed by atoms with Crippen molar-refractivity contribution in [2.24, 2.45) is 0 Å². The van der Waals surface area contributed by atoms with E-state index in [9.17, 15) is 4.79 Å². The maximum atomic E-state index is 11.6. The molecule has 0 aromatic heterocycles. The summed E-state index contributed by atoms with van der Waals surface area (Å²) in [4.78, 5) is 11.6. The largest absolute Gasteiger partial charge is 0.398 e. The maximum Gasteiger partial charge on any atom is 0.161 e. The zero-order chi connectivity index (χ0) is 14.8. The first-order chi connectivity index (χ1) is 10.1. The summed E-state index contributed by atoms with van der Waals surface area (Å²) in [6, 6.07) is 12.0. The Labute approximate surface area is 125 Å². The van der Waals surface area contributed by atoms with Crippen molar-refractivity contribution in [2.45, 2.75) is 32.6 Å². The van der Waals surface area contributed by atoms with E-state index in [1.54, 1.807) is 13.0 Å². The van der Waals surface area contributed by atoms with Gasteiger partial charge in [-0.05, 0) is 68.0 Å². The second-order valence-electron chi connectivity index (χ2n) is 5.63. The molecule has 0 spiro atoms. The highest BCUT2D eigenvalue weighted by molar-refractivity contribution is 6.00. The van der Waals surface area contributed by atoms with Gasteiger partial charge in [-0.15, -0.1) is 0 Å². The third-order valence-electron chi connectivity index (χ3n) is 4.11. The molecule has 0 radical (unpaired) electrons. The summed E-state index contributed by atoms with van der Waals surface area (Å²) in [6.45, 7) is 1.54. The summed E-state index contributed by atoms with van der Waals surface area (Å²) in [6.07, 6.45) is 4.79. The highest BCUT2D eigenvalue weighted by Crippen LogP contribution is 2.30. The molecule has 21 heavy (non-hydrogen) atoms. The normalized spacial score (nSPS) is 13.6. The number of anilines is 3. The van der Waals surface area contributed by atoms with Crippen LogP contribution < -0.4 is 11.1 Å². The molecule has 0 unspecified atom stereocenters. The van der Waals surface area contributed by atoms with Crippen molar-refractivity contribution < 1.29 is 4.79 Å². The van der Waals surface area contributed by atoms with E-state index in [4.69, 9.17) is 5.73 Å². The minimum absolute atomic E-state index is 0.00811. The van der Waals surface area contributed by atoms with Crippen molar-refractivity contribution in [1.29, 1.82) is 0 Å². The molecule has 0 fully saturated rings. The molecule has 0 aliphatic heterocycles. The molecule has 3 nitrogen and oxygen atoms in total. The first kappa shape index (κ1) is 13.7. The van der Waals surface area contributed by atoms with Crippen molar-refractivity contribution in [3.63, 3.8) is 0 Å². The number of carbonyl (C=O) groups excluding carboxylic acids is 1. The number of rotatable bonds is 3. The van der Waals surface area contributed by atoms with E-state index in [0.29, 0.717) is 11.3 Å². The first-order valence-corrected chi connectivity index (χ1v) is 7.43. The molecule has 0 atom stereocenters. The van der Waals surface area contributed by atoms with Crippen LogP contribution in [0.3, 0.4) is 0 Å². The molecular formula is C18H20N2O. The molecule has 3 rings (SSSR count). The van der Waals surface area contributed by atoms with Crippen LogP contribution in [0.4, 0.5) is 17.1 Å². The molecule has 0 amide bonds. The molecule has 108 valence electrons. The van der Waals surface area contributed by atoms with E-state index in [-0.39, 0.29) is 5.78 Å². The maximum absolute atomic E-state index is 11.6. The second kappa shape index (κ2) is 5.60. The molecule has 0 bridgehead atoms. The smallest absolute Gasteiger partial charge is 0.161 e. The van der Waals surface area contributed by atoms with Gasteiger partial charge >= 0.3 is 0 Å². The highest BCUT2D eigenvalue weighted by atomic mass is 16.1. The van der Waals surface area contributed by atoms with Crippen LogP contribution >= 0.6 is 0 Å². The lowest BCUT2D eigenvalue weighted by molar-refractivity contribution is 0.101. The third kappa shape index (κ3) is 2.77. The summed E-state index contributed by atoms with van der Waals surface area (Å²) >= 11 is 0. The fraction of sp³-hybridized carbons (Fsp3) is 0.278. The van der Waals surface area contributed by atoms with Crippen LogP contribution in [0.1, 0.15) is 41.3 Å². The van der Waals surface area contributed by atoms with Crippen LogP contribution in [0.5, 0.6) is 0 Å². The van der Waals surface area contributed by atoms with E-state index in [2.05, 4.69) is 23.5 Å². The fourth-order valence-corrected chi connectivity index (χ4v) is 2.99. The lowest BCUT2D eigenvalue weighted by atomic mass is 9.90. The zero-order valence-electron chi connectivity index (χ0n) is 12.3. The predicted molar refractivity (Wildman–Crippen MR) is 87.2 cm³/mol. The number of ketones is 1. The first-order valence-electron chi connectivity index (χ1n) is 7.43. The van der Waals surface area contributed by atoms with Gasteiger partial charge < -0.3 is 11.1 Å². The van der Waals surface area contributed by atoms with Crippen molar-refractivity contribution in [2.75, 3.05) is 11.1 Å². The van der Waals surface area contributed by atoms with Crippen molar-refractivity contribution >= 4 is 22.8 Å². The number of hydrogen-bond donors (Lipinski definition) is 2. The van der Waals surface area contributed by atoms with Crippen molar-refractivity contribution in [3.05, 3.63) is 53.1 Å². The Hall–Kier alpha value is -2.29. The Morgan fingerprint density at radius 3 is 2.76 bits per heavy atom. The average Bonchev–Trinajstić information content (AvgIpc) is 2.49. The van der Waals surface area contributed by atoms with Crippen molar-refractivity contribution in [1.82, 2.24) is 0 Å². The Morgan fingerprint density at radius 2 is 1.95 bits per heavy atom. The predicted octanol–water partition coefficient (Wildman–Crippen LogP) is 4.09. The van der Waals surface area contributed by atoms with Crippen LogP contribution in [-0.2, 0) is 12.8 Å². The van der Waals surface area contributed by atoms with E-state index in [0.717, 1.165) is 24.2 Å². The number of hydrogen-bond acceptors (Lipinski definition) is 3. The summed E-state index contributed by atoms with van der Waals surface area (Å²) < 4.78 is 0. The summed E-state index contributed by atoms with van der Waals surface area (Å²) in [5.41, 5.74) is 11.9. The summed E-state index contributed by atoms with van der Waals surface area (Å²) in [5, 5.41) is 3.45. The Kier molecular flexibility index (Phi) is 3.65. The molecule has 3 N–H and O–H groups in total. The van der Waals surface area contributed by atoms with E-state index >= 15 is 0 Å². The molecule has 0 saturated carbocycles. The molecule has 1 aliphatic carbocycles. The van der Waals surface area contributed by atoms with Gasteiger partial charge in [-0.1, -0.05) is 12.1 Å². The highest BCUT2D eigenvalue weighted by Gasteiger charge is 2.13. The van der Waals surface area contributed by atoms with Crippen LogP contribution in [-0.4, -0.2) is 5.78 Å². The van der Waals surface area contributed by atoms with Gasteiger partial charge in [-0.25, -0.2) is 0 Å². The summed E-state index contributed by atoms with van der Waals surface area (Å²) in [7, 11) is 0. The Bertz CT molecular complexity index is 692. The number of nitrogens with one attached hydrogen (secondary N) is 1. The Balaban J connectivity index is 1.94. The third-order valence-corrected chi connectivity index (χ3v) is 4.11. The monoisotopic (exact) mass is 280 g/mol. The lowest BCUT2D eigenvalue weighted by Gasteiger charge is -2.20. The van der Waals surface area contributed by atoms with Crippen molar-refractivity contribution in [3.8, 4) is 0 Å². The van der Waals surface area contributed by atoms with Gasteiger partial charge in [0.15, 0.2) is 5.78 Å². The van der Waals surface area contributed by atoms with Gasteiger partial charge in [0, 0.05) is 22.6 Å². The zero-order valence-corrected chi connectivity index (χ0v) is 12.3. The Morgan fingerprint density at radius 1 is 1.14 bits per heavy atom. The molecule has 3 heteroatoms. The van der Waals surface area contributed by atoms with Gasteiger partial charge in [0.2, 0.25) is 0 Å². The summed E-state index contributed by atoms with van der Waals surface area (Å²) in [5.74, 6) is -0.00811. The van der Waals surface area contributed by atoms with Crippen LogP contribution in [0.25, 0.3) is 0 Å². The van der Waals surface area contributed by atoms with Gasteiger partial charge in [0.1, 0.15) is 0 Å². The van der Waals surface area contributed by atoms with E-state index < -0.39 is 0 Å². The van der Waals surface area contributed by atoms with E-state index in [1.165, 1.54) is 24.0 Å². The molecule has 0 heterocycles. The molecule has 2 aromatic carbocycles. The SMILES string of the molecule is CC(=O)c1cc(Nc2cccc3c2CCCC3)ccc1N. The second-order valence-corrected chi connectivity index (χ2v) is 5.63. The fourth-order valence-electron chi connectivity index (χ4n) is 2.99. The van der Waals surface area contributed by atoms with Gasteiger partial charge in [0.25, 0.3) is 0 Å². The number of fused-ring (bicyclic) bond motifs is 1. The van der Waals surface area contributed by atoms with Gasteiger partial charge in [-0.3, -0.25) is 4.79 Å². The number of nitrogens with two attached hydrogens (primary N) is 1. The minimum atomic E-state index is -0.00811.